The van der Waals surface area contributed by atoms with E-state index in [1.807, 2.05) is 31.2 Å². The Morgan fingerprint density at radius 3 is 2.68 bits per heavy atom. The van der Waals surface area contributed by atoms with Crippen LogP contribution in [0.25, 0.3) is 0 Å². The minimum absolute atomic E-state index is 0.150. The Kier molecular flexibility index (Phi) is 5.65. The monoisotopic (exact) mass is 420 g/mol. The molecule has 4 rings (SSSR count). The molecule has 150 valence electrons. The second-order valence-electron chi connectivity index (χ2n) is 7.36. The van der Waals surface area contributed by atoms with Crippen LogP contribution in [0.5, 0.6) is 5.75 Å². The molecule has 0 aliphatic carbocycles. The average Bonchev–Trinajstić information content (AvgIpc) is 2.90. The second-order valence-corrected chi connectivity index (χ2v) is 9.66. The molecule has 0 aromatic heterocycles. The zero-order valence-electron chi connectivity index (χ0n) is 15.9. The molecule has 1 fully saturated rings. The Hall–Kier alpha value is -1.60. The van der Waals surface area contributed by atoms with Gasteiger partial charge in [0.15, 0.2) is 0 Å². The number of hydrogen-bond acceptors (Lipinski definition) is 4. The van der Waals surface area contributed by atoms with E-state index >= 15 is 0 Å². The molecular weight excluding hydrogens is 396 g/mol. The van der Waals surface area contributed by atoms with Crippen molar-refractivity contribution in [1.82, 2.24) is 9.21 Å². The number of ether oxygens (including phenoxy) is 1. The summed E-state index contributed by atoms with van der Waals surface area (Å²) in [5.74, 6) is 0.469. The van der Waals surface area contributed by atoms with Crippen molar-refractivity contribution in [3.63, 3.8) is 0 Å². The highest BCUT2D eigenvalue weighted by atomic mass is 35.5. The van der Waals surface area contributed by atoms with E-state index in [0.29, 0.717) is 12.3 Å². The van der Waals surface area contributed by atoms with E-state index in [9.17, 15) is 8.42 Å². The number of hydrogen-bond donors (Lipinski definition) is 0. The summed E-state index contributed by atoms with van der Waals surface area (Å²) in [7, 11) is -3.57. The predicted octanol–water partition coefficient (Wildman–Crippen LogP) is 3.78. The second kappa shape index (κ2) is 8.03. The van der Waals surface area contributed by atoms with Gasteiger partial charge >= 0.3 is 0 Å². The van der Waals surface area contributed by atoms with Gasteiger partial charge in [0, 0.05) is 31.2 Å². The number of likely N-dealkylation sites (N-methyl/N-ethyl adjacent to an activating group) is 1. The first-order chi connectivity index (χ1) is 13.5. The number of sulfonamides is 1. The first kappa shape index (κ1) is 19.7. The van der Waals surface area contributed by atoms with Crippen molar-refractivity contribution in [2.24, 2.45) is 0 Å². The van der Waals surface area contributed by atoms with E-state index in [-0.39, 0.29) is 17.0 Å². The molecule has 0 N–H and O–H groups in total. The van der Waals surface area contributed by atoms with Crippen molar-refractivity contribution in [1.29, 1.82) is 0 Å². The number of rotatable bonds is 3. The lowest BCUT2D eigenvalue weighted by molar-refractivity contribution is 0.115. The minimum Gasteiger partial charge on any atom is -0.487 e. The lowest BCUT2D eigenvalue weighted by Gasteiger charge is -2.30. The SMILES string of the molecule is CCN1[C@@H]2CCN(Cc3cccc(Cl)c3)CC[C@H]2Oc2ccccc2S1(=O)=O. The summed E-state index contributed by atoms with van der Waals surface area (Å²) in [5.41, 5.74) is 1.17. The van der Waals surface area contributed by atoms with Crippen LogP contribution in [0, 0.1) is 0 Å². The highest BCUT2D eigenvalue weighted by Crippen LogP contribution is 2.36. The number of likely N-dealkylation sites (tertiary alicyclic amines) is 1. The molecule has 5 nitrogen and oxygen atoms in total. The van der Waals surface area contributed by atoms with Gasteiger partial charge in [0.2, 0.25) is 10.0 Å². The van der Waals surface area contributed by atoms with Crippen LogP contribution in [0.3, 0.4) is 0 Å². The number of para-hydroxylation sites is 1. The van der Waals surface area contributed by atoms with E-state index in [1.165, 1.54) is 5.56 Å². The Balaban J connectivity index is 1.59. The summed E-state index contributed by atoms with van der Waals surface area (Å²) in [4.78, 5) is 2.64. The quantitative estimate of drug-likeness (QED) is 0.758. The molecule has 0 amide bonds. The smallest absolute Gasteiger partial charge is 0.247 e. The van der Waals surface area contributed by atoms with E-state index in [4.69, 9.17) is 16.3 Å². The third-order valence-electron chi connectivity index (χ3n) is 5.59. The Labute approximate surface area is 171 Å². The van der Waals surface area contributed by atoms with E-state index < -0.39 is 10.0 Å². The fourth-order valence-electron chi connectivity index (χ4n) is 4.27. The van der Waals surface area contributed by atoms with E-state index in [2.05, 4.69) is 11.0 Å². The van der Waals surface area contributed by atoms with Gasteiger partial charge in [0.05, 0.1) is 6.04 Å². The standard InChI is InChI=1S/C21H25ClN2O3S/c1-2-24-18-10-12-23(15-16-6-5-7-17(22)14-16)13-11-19(18)27-20-8-3-4-9-21(20)28(24,25)26/h3-9,14,18-19H,2,10-13,15H2,1H3/t18-,19-/m1/s1. The molecule has 0 bridgehead atoms. The minimum atomic E-state index is -3.57. The summed E-state index contributed by atoms with van der Waals surface area (Å²) in [6, 6.07) is 14.7. The summed E-state index contributed by atoms with van der Waals surface area (Å²) >= 11 is 6.12. The number of benzene rings is 2. The Morgan fingerprint density at radius 1 is 1.11 bits per heavy atom. The first-order valence-electron chi connectivity index (χ1n) is 9.73. The largest absolute Gasteiger partial charge is 0.487 e. The fourth-order valence-corrected chi connectivity index (χ4v) is 6.29. The van der Waals surface area contributed by atoms with E-state index in [1.54, 1.807) is 22.5 Å². The van der Waals surface area contributed by atoms with Gasteiger partial charge in [-0.25, -0.2) is 8.42 Å². The number of nitrogens with zero attached hydrogens (tertiary/aromatic N) is 2. The summed E-state index contributed by atoms with van der Waals surface area (Å²) in [5, 5.41) is 0.737. The van der Waals surface area contributed by atoms with Gasteiger partial charge in [0.25, 0.3) is 0 Å². The molecular formula is C21H25ClN2O3S. The molecule has 0 unspecified atom stereocenters. The Bertz CT molecular complexity index is 950. The molecule has 2 aromatic carbocycles. The topological polar surface area (TPSA) is 49.9 Å². The van der Waals surface area contributed by atoms with Gasteiger partial charge in [-0.3, -0.25) is 4.90 Å². The van der Waals surface area contributed by atoms with Gasteiger partial charge < -0.3 is 4.74 Å². The molecule has 1 saturated heterocycles. The molecule has 28 heavy (non-hydrogen) atoms. The molecule has 2 aromatic rings. The van der Waals surface area contributed by atoms with Gasteiger partial charge in [-0.05, 0) is 42.7 Å². The molecule has 2 aliphatic rings. The van der Waals surface area contributed by atoms with Gasteiger partial charge in [-0.1, -0.05) is 42.8 Å². The third kappa shape index (κ3) is 3.79. The van der Waals surface area contributed by atoms with Crippen LogP contribution in [-0.2, 0) is 16.6 Å². The van der Waals surface area contributed by atoms with Crippen molar-refractivity contribution in [2.75, 3.05) is 19.6 Å². The van der Waals surface area contributed by atoms with Crippen molar-refractivity contribution in [2.45, 2.75) is 43.4 Å². The third-order valence-corrected chi connectivity index (χ3v) is 7.87. The van der Waals surface area contributed by atoms with Crippen molar-refractivity contribution >= 4 is 21.6 Å². The van der Waals surface area contributed by atoms with Crippen LogP contribution in [0.2, 0.25) is 5.02 Å². The molecule has 2 heterocycles. The molecule has 7 heteroatoms. The number of fused-ring (bicyclic) bond motifs is 2. The Morgan fingerprint density at radius 2 is 1.89 bits per heavy atom. The van der Waals surface area contributed by atoms with Crippen molar-refractivity contribution < 1.29 is 13.2 Å². The predicted molar refractivity (Wildman–Crippen MR) is 110 cm³/mol. The van der Waals surface area contributed by atoms with Gasteiger partial charge in [-0.2, -0.15) is 4.31 Å². The van der Waals surface area contributed by atoms with Crippen LogP contribution in [-0.4, -0.2) is 49.4 Å². The molecule has 2 aliphatic heterocycles. The number of halogens is 1. The van der Waals surface area contributed by atoms with Crippen LogP contribution >= 0.6 is 11.6 Å². The van der Waals surface area contributed by atoms with E-state index in [0.717, 1.165) is 37.5 Å². The lowest BCUT2D eigenvalue weighted by atomic mass is 10.1. The summed E-state index contributed by atoms with van der Waals surface area (Å²) < 4.78 is 34.4. The van der Waals surface area contributed by atoms with Crippen molar-refractivity contribution in [3.05, 3.63) is 59.1 Å². The van der Waals surface area contributed by atoms with Gasteiger partial charge in [-0.15, -0.1) is 0 Å². The maximum Gasteiger partial charge on any atom is 0.247 e. The average molecular weight is 421 g/mol. The van der Waals surface area contributed by atoms with Crippen LogP contribution < -0.4 is 4.74 Å². The molecule has 2 atom stereocenters. The first-order valence-corrected chi connectivity index (χ1v) is 11.5. The summed E-state index contributed by atoms with van der Waals surface area (Å²) in [6.07, 6.45) is 1.38. The molecule has 0 saturated carbocycles. The molecule has 0 radical (unpaired) electrons. The highest BCUT2D eigenvalue weighted by molar-refractivity contribution is 7.89. The maximum absolute atomic E-state index is 13.3. The van der Waals surface area contributed by atoms with Crippen LogP contribution in [0.1, 0.15) is 25.3 Å². The maximum atomic E-state index is 13.3. The fraction of sp³-hybridized carbons (Fsp3) is 0.429. The highest BCUT2D eigenvalue weighted by Gasteiger charge is 2.42. The normalized spacial score (nSPS) is 25.1. The lowest BCUT2D eigenvalue weighted by Crippen LogP contribution is -2.46. The van der Waals surface area contributed by atoms with Crippen LogP contribution in [0.4, 0.5) is 0 Å². The zero-order valence-corrected chi connectivity index (χ0v) is 17.5. The van der Waals surface area contributed by atoms with Crippen molar-refractivity contribution in [3.8, 4) is 5.75 Å². The van der Waals surface area contributed by atoms with Gasteiger partial charge in [0.1, 0.15) is 16.7 Å². The molecule has 0 spiro atoms. The van der Waals surface area contributed by atoms with Crippen LogP contribution in [0.15, 0.2) is 53.4 Å². The summed E-state index contributed by atoms with van der Waals surface area (Å²) in [6.45, 7) is 4.81. The zero-order chi connectivity index (χ0) is 19.7.